The zero-order valence-electron chi connectivity index (χ0n) is 15.9. The number of likely N-dealkylation sites (N-methyl/N-ethyl adjacent to an activating group) is 1. The summed E-state index contributed by atoms with van der Waals surface area (Å²) >= 11 is 0. The number of ether oxygens (including phenoxy) is 1. The lowest BCUT2D eigenvalue weighted by molar-refractivity contribution is -0.142. The summed E-state index contributed by atoms with van der Waals surface area (Å²) in [4.78, 5) is 20.1. The van der Waals surface area contributed by atoms with Gasteiger partial charge in [-0.05, 0) is 57.6 Å². The fourth-order valence-electron chi connectivity index (χ4n) is 4.05. The van der Waals surface area contributed by atoms with Gasteiger partial charge in [-0.2, -0.15) is 0 Å². The lowest BCUT2D eigenvalue weighted by Crippen LogP contribution is -2.52. The summed E-state index contributed by atoms with van der Waals surface area (Å²) in [5, 5.41) is 0. The highest BCUT2D eigenvalue weighted by atomic mass is 19.1. The van der Waals surface area contributed by atoms with Crippen molar-refractivity contribution in [2.75, 3.05) is 53.0 Å². The fourth-order valence-corrected chi connectivity index (χ4v) is 4.05. The van der Waals surface area contributed by atoms with Crippen LogP contribution in [0.1, 0.15) is 31.4 Å². The van der Waals surface area contributed by atoms with Crippen molar-refractivity contribution >= 4 is 5.91 Å². The molecular weight excluding hydrogens is 333 g/mol. The van der Waals surface area contributed by atoms with E-state index in [4.69, 9.17) is 4.74 Å². The van der Waals surface area contributed by atoms with Crippen LogP contribution < -0.4 is 0 Å². The van der Waals surface area contributed by atoms with E-state index in [2.05, 4.69) is 23.8 Å². The van der Waals surface area contributed by atoms with Crippen molar-refractivity contribution < 1.29 is 13.9 Å². The molecule has 2 saturated heterocycles. The van der Waals surface area contributed by atoms with Gasteiger partial charge in [0, 0.05) is 25.7 Å². The van der Waals surface area contributed by atoms with Crippen LogP contribution in [0.15, 0.2) is 24.3 Å². The van der Waals surface area contributed by atoms with Crippen LogP contribution in [0.2, 0.25) is 0 Å². The third-order valence-electron chi connectivity index (χ3n) is 5.58. The number of benzene rings is 1. The highest BCUT2D eigenvalue weighted by Gasteiger charge is 2.35. The first kappa shape index (κ1) is 19.3. The average molecular weight is 363 g/mol. The third-order valence-corrected chi connectivity index (χ3v) is 5.58. The van der Waals surface area contributed by atoms with Gasteiger partial charge < -0.3 is 14.5 Å². The molecule has 0 unspecified atom stereocenters. The first-order valence-corrected chi connectivity index (χ1v) is 9.66. The predicted octanol–water partition coefficient (Wildman–Crippen LogP) is 2.14. The van der Waals surface area contributed by atoms with Crippen molar-refractivity contribution in [1.82, 2.24) is 14.7 Å². The van der Waals surface area contributed by atoms with E-state index in [9.17, 15) is 9.18 Å². The van der Waals surface area contributed by atoms with Crippen LogP contribution in [0.3, 0.4) is 0 Å². The molecule has 2 aliphatic heterocycles. The second kappa shape index (κ2) is 8.93. The molecule has 1 aromatic rings. The van der Waals surface area contributed by atoms with Crippen molar-refractivity contribution in [3.8, 4) is 0 Å². The Bertz CT molecular complexity index is 581. The number of nitrogens with zero attached hydrogens (tertiary/aromatic N) is 3. The van der Waals surface area contributed by atoms with Crippen LogP contribution in [0.25, 0.3) is 0 Å². The zero-order valence-corrected chi connectivity index (χ0v) is 15.9. The van der Waals surface area contributed by atoms with Gasteiger partial charge in [-0.25, -0.2) is 4.39 Å². The van der Waals surface area contributed by atoms with Gasteiger partial charge in [0.1, 0.15) is 11.9 Å². The Labute approximate surface area is 155 Å². The Morgan fingerprint density at radius 3 is 2.38 bits per heavy atom. The number of amides is 1. The molecule has 2 heterocycles. The summed E-state index contributed by atoms with van der Waals surface area (Å²) in [6.45, 7) is 7.50. The highest BCUT2D eigenvalue weighted by molar-refractivity contribution is 5.83. The smallest absolute Gasteiger partial charge is 0.244 e. The van der Waals surface area contributed by atoms with Gasteiger partial charge in [-0.1, -0.05) is 12.1 Å². The van der Waals surface area contributed by atoms with Crippen LogP contribution in [0.4, 0.5) is 4.39 Å². The van der Waals surface area contributed by atoms with Crippen molar-refractivity contribution in [2.24, 2.45) is 0 Å². The number of halogens is 1. The van der Waals surface area contributed by atoms with E-state index < -0.39 is 0 Å². The van der Waals surface area contributed by atoms with Crippen molar-refractivity contribution in [3.05, 3.63) is 35.6 Å². The molecule has 0 bridgehead atoms. The SMILES string of the molecule is CCN(C(=O)[C@@H](c1ccc(F)cc1)N1CCOCC1)C1CCN(C)CC1. The zero-order chi connectivity index (χ0) is 18.5. The summed E-state index contributed by atoms with van der Waals surface area (Å²) in [6, 6.07) is 6.31. The molecule has 0 spiro atoms. The maximum Gasteiger partial charge on any atom is 0.244 e. The maximum absolute atomic E-state index is 13.6. The minimum atomic E-state index is -0.362. The van der Waals surface area contributed by atoms with E-state index in [0.29, 0.717) is 19.8 Å². The van der Waals surface area contributed by atoms with Gasteiger partial charge in [-0.15, -0.1) is 0 Å². The van der Waals surface area contributed by atoms with E-state index in [-0.39, 0.29) is 23.8 Å². The topological polar surface area (TPSA) is 36.0 Å². The maximum atomic E-state index is 13.6. The Balaban J connectivity index is 1.83. The lowest BCUT2D eigenvalue weighted by atomic mass is 9.99. The van der Waals surface area contributed by atoms with Gasteiger partial charge in [0.05, 0.1) is 13.2 Å². The van der Waals surface area contributed by atoms with E-state index in [0.717, 1.165) is 44.6 Å². The van der Waals surface area contributed by atoms with Crippen molar-refractivity contribution in [2.45, 2.75) is 31.8 Å². The molecule has 1 atom stereocenters. The highest BCUT2D eigenvalue weighted by Crippen LogP contribution is 2.27. The molecule has 5 nitrogen and oxygen atoms in total. The molecule has 0 saturated carbocycles. The fraction of sp³-hybridized carbons (Fsp3) is 0.650. The molecule has 1 aromatic carbocycles. The van der Waals surface area contributed by atoms with Crippen LogP contribution >= 0.6 is 0 Å². The molecule has 0 N–H and O–H groups in total. The summed E-state index contributed by atoms with van der Waals surface area (Å²) in [6.07, 6.45) is 2.02. The molecule has 0 aliphatic carbocycles. The Hall–Kier alpha value is -1.50. The average Bonchev–Trinajstić information content (AvgIpc) is 2.66. The van der Waals surface area contributed by atoms with Gasteiger partial charge >= 0.3 is 0 Å². The molecule has 2 fully saturated rings. The second-order valence-electron chi connectivity index (χ2n) is 7.26. The number of carbonyl (C=O) groups is 1. The quantitative estimate of drug-likeness (QED) is 0.803. The first-order chi connectivity index (χ1) is 12.6. The van der Waals surface area contributed by atoms with Crippen LogP contribution in [-0.4, -0.2) is 79.6 Å². The van der Waals surface area contributed by atoms with Crippen molar-refractivity contribution in [3.63, 3.8) is 0 Å². The predicted molar refractivity (Wildman–Crippen MR) is 99.4 cm³/mol. The van der Waals surface area contributed by atoms with Crippen LogP contribution in [0.5, 0.6) is 0 Å². The minimum Gasteiger partial charge on any atom is -0.379 e. The van der Waals surface area contributed by atoms with Gasteiger partial charge in [-0.3, -0.25) is 9.69 Å². The Morgan fingerprint density at radius 1 is 1.19 bits per heavy atom. The van der Waals surface area contributed by atoms with E-state index >= 15 is 0 Å². The standard InChI is InChI=1S/C20H30FN3O2/c1-3-24(18-8-10-22(2)11-9-18)20(25)19(23-12-14-26-15-13-23)16-4-6-17(21)7-5-16/h4-7,18-19H,3,8-15H2,1-2H3/t19-/m1/s1. The lowest BCUT2D eigenvalue weighted by Gasteiger charge is -2.41. The molecule has 3 rings (SSSR count). The second-order valence-corrected chi connectivity index (χ2v) is 7.26. The summed E-state index contributed by atoms with van der Waals surface area (Å²) in [5.74, 6) is -0.139. The first-order valence-electron chi connectivity index (χ1n) is 9.66. The number of hydrogen-bond acceptors (Lipinski definition) is 4. The molecule has 1 amide bonds. The third kappa shape index (κ3) is 4.42. The molecule has 0 aromatic heterocycles. The molecule has 0 radical (unpaired) electrons. The van der Waals surface area contributed by atoms with E-state index in [1.807, 2.05) is 4.90 Å². The number of piperidine rings is 1. The van der Waals surface area contributed by atoms with Crippen LogP contribution in [-0.2, 0) is 9.53 Å². The van der Waals surface area contributed by atoms with Gasteiger partial charge in [0.15, 0.2) is 0 Å². The normalized spacial score (nSPS) is 21.5. The van der Waals surface area contributed by atoms with Crippen molar-refractivity contribution in [1.29, 1.82) is 0 Å². The monoisotopic (exact) mass is 363 g/mol. The van der Waals surface area contributed by atoms with Gasteiger partial charge in [0.2, 0.25) is 5.91 Å². The summed E-state index contributed by atoms with van der Waals surface area (Å²) in [5.41, 5.74) is 0.865. The van der Waals surface area contributed by atoms with E-state index in [1.165, 1.54) is 12.1 Å². The Kier molecular flexibility index (Phi) is 6.62. The summed E-state index contributed by atoms with van der Waals surface area (Å²) in [7, 11) is 2.13. The number of likely N-dealkylation sites (tertiary alicyclic amines) is 1. The Morgan fingerprint density at radius 2 is 1.81 bits per heavy atom. The van der Waals surface area contributed by atoms with Crippen LogP contribution in [0, 0.1) is 5.82 Å². The summed E-state index contributed by atoms with van der Waals surface area (Å²) < 4.78 is 18.9. The molecule has 2 aliphatic rings. The number of rotatable bonds is 5. The van der Waals surface area contributed by atoms with E-state index in [1.54, 1.807) is 12.1 Å². The van der Waals surface area contributed by atoms with Gasteiger partial charge in [0.25, 0.3) is 0 Å². The number of morpholine rings is 1. The largest absolute Gasteiger partial charge is 0.379 e. The number of carbonyl (C=O) groups excluding carboxylic acids is 1. The molecule has 26 heavy (non-hydrogen) atoms. The number of hydrogen-bond donors (Lipinski definition) is 0. The molecule has 144 valence electrons. The minimum absolute atomic E-state index is 0.135. The molecule has 6 heteroatoms. The molecular formula is C20H30FN3O2.